The van der Waals surface area contributed by atoms with Crippen molar-refractivity contribution in [1.82, 2.24) is 0 Å². The third kappa shape index (κ3) is 7.93. The second kappa shape index (κ2) is 13.3. The first-order valence-corrected chi connectivity index (χ1v) is 15.8. The molecule has 0 aliphatic rings. The van der Waals surface area contributed by atoms with Crippen LogP contribution in [0.25, 0.3) is 0 Å². The zero-order valence-corrected chi connectivity index (χ0v) is 26.9. The van der Waals surface area contributed by atoms with Crippen LogP contribution in [0.2, 0.25) is 6.04 Å². The standard InChI is InChI=1S/C26H49O4PSi.BrH/c1-12-28-23(29-13-2)32-18-14-17-30-21-16-15-20(27)19-22(21)31(24(3,4)5,25(6,7)8)26(9,10)11;/h15-16,19,23H,12-14,17-18,32H2,1-11H3;1H. The van der Waals surface area contributed by atoms with Gasteiger partial charge in [0.25, 0.3) is 0 Å². The van der Waals surface area contributed by atoms with E-state index in [1.54, 1.807) is 6.07 Å². The molecule has 7 heteroatoms. The molecular formula is C26H50BrO4PSi. The van der Waals surface area contributed by atoms with Crippen LogP contribution in [0, 0.1) is 0 Å². The first kappa shape index (κ1) is 32.9. The summed E-state index contributed by atoms with van der Waals surface area (Å²) in [6.07, 6.45) is 0.995. The number of halogens is 1. The molecule has 0 atom stereocenters. The minimum absolute atomic E-state index is 0. The summed E-state index contributed by atoms with van der Waals surface area (Å²) in [5.41, 5.74) is 0. The van der Waals surface area contributed by atoms with Gasteiger partial charge < -0.3 is 36.3 Å². The molecule has 0 unspecified atom stereocenters. The molecule has 0 saturated carbocycles. The normalized spacial score (nSPS) is 13.6. The van der Waals surface area contributed by atoms with E-state index in [0.29, 0.717) is 25.6 Å². The summed E-state index contributed by atoms with van der Waals surface area (Å²) in [6.45, 7) is 27.3. The number of hydrogen-bond acceptors (Lipinski definition) is 4. The van der Waals surface area contributed by atoms with Gasteiger partial charge in [0.05, 0.1) is 38.9 Å². The van der Waals surface area contributed by atoms with Gasteiger partial charge in [-0.25, -0.2) is 0 Å². The highest BCUT2D eigenvalue weighted by molar-refractivity contribution is 7.87. The molecule has 33 heavy (non-hydrogen) atoms. The topological polar surface area (TPSA) is 47.9 Å². The van der Waals surface area contributed by atoms with Crippen LogP contribution in [0.5, 0.6) is 11.5 Å². The van der Waals surface area contributed by atoms with Gasteiger partial charge in [0.2, 0.25) is 0 Å². The first-order chi connectivity index (χ1) is 14.6. The fourth-order valence-electron chi connectivity index (χ4n) is 6.17. The van der Waals surface area contributed by atoms with Crippen LogP contribution < -0.4 is 27.0 Å². The summed E-state index contributed by atoms with van der Waals surface area (Å²) in [4.78, 5) is 0. The van der Waals surface area contributed by atoms with Crippen molar-refractivity contribution in [3.63, 3.8) is 0 Å². The Kier molecular flexibility index (Phi) is 13.2. The number of benzene rings is 1. The predicted octanol–water partition coefficient (Wildman–Crippen LogP) is 3.15. The van der Waals surface area contributed by atoms with E-state index in [2.05, 4.69) is 62.3 Å². The van der Waals surface area contributed by atoms with Crippen LogP contribution in [-0.2, 0) is 9.47 Å². The van der Waals surface area contributed by atoms with Crippen LogP contribution >= 0.6 is 7.26 Å². The molecule has 0 heterocycles. The minimum atomic E-state index is -1.87. The second-order valence-electron chi connectivity index (χ2n) is 11.5. The maximum Gasteiger partial charge on any atom is 0.161 e. The Hall–Kier alpha value is -0.133. The van der Waals surface area contributed by atoms with Gasteiger partial charge in [0.1, 0.15) is 17.0 Å². The highest BCUT2D eigenvalue weighted by Crippen LogP contribution is 2.83. The number of phenolic OH excluding ortho intramolecular Hbond substituents is 1. The minimum Gasteiger partial charge on any atom is -1.00 e. The van der Waals surface area contributed by atoms with E-state index >= 15 is 0 Å². The zero-order valence-electron chi connectivity index (χ0n) is 23.0. The molecule has 0 bridgehead atoms. The highest BCUT2D eigenvalue weighted by atomic mass is 79.9. The Morgan fingerprint density at radius 2 is 1.36 bits per heavy atom. The maximum absolute atomic E-state index is 10.5. The third-order valence-corrected chi connectivity index (χ3v) is 15.1. The van der Waals surface area contributed by atoms with Crippen molar-refractivity contribution in [2.45, 2.75) is 110 Å². The van der Waals surface area contributed by atoms with Gasteiger partial charge in [-0.3, -0.25) is 0 Å². The van der Waals surface area contributed by atoms with Crippen molar-refractivity contribution in [2.24, 2.45) is 0 Å². The molecule has 0 amide bonds. The largest absolute Gasteiger partial charge is 1.00 e. The monoisotopic (exact) mass is 564 g/mol. The molecule has 1 rings (SSSR count). The molecule has 0 radical (unpaired) electrons. The maximum atomic E-state index is 10.5. The Morgan fingerprint density at radius 1 is 0.879 bits per heavy atom. The Morgan fingerprint density at radius 3 is 1.79 bits per heavy atom. The average molecular weight is 566 g/mol. The van der Waals surface area contributed by atoms with Crippen molar-refractivity contribution in [1.29, 1.82) is 0 Å². The van der Waals surface area contributed by atoms with Gasteiger partial charge in [0, 0.05) is 19.3 Å². The summed E-state index contributed by atoms with van der Waals surface area (Å²) < 4.78 is 17.9. The van der Waals surface area contributed by atoms with Crippen LogP contribution in [0.1, 0.15) is 82.6 Å². The highest BCUT2D eigenvalue weighted by Gasteiger charge is 2.67. The smallest absolute Gasteiger partial charge is 0.161 e. The summed E-state index contributed by atoms with van der Waals surface area (Å²) in [6, 6.07) is 6.84. The molecule has 0 fully saturated rings. The summed E-state index contributed by atoms with van der Waals surface area (Å²) >= 11 is 0. The van der Waals surface area contributed by atoms with Gasteiger partial charge in [0.15, 0.2) is 5.75 Å². The van der Waals surface area contributed by atoms with Gasteiger partial charge >= 0.3 is 0 Å². The lowest BCUT2D eigenvalue weighted by Gasteiger charge is -2.54. The average Bonchev–Trinajstić information content (AvgIpc) is 2.60. The fraction of sp³-hybridized carbons (Fsp3) is 0.769. The lowest BCUT2D eigenvalue weighted by molar-refractivity contribution is -0.0828. The first-order valence-electron chi connectivity index (χ1n) is 12.2. The summed E-state index contributed by atoms with van der Waals surface area (Å²) in [5, 5.41) is 11.9. The number of aromatic hydroxyl groups is 1. The van der Waals surface area contributed by atoms with E-state index in [4.69, 9.17) is 14.2 Å². The Labute approximate surface area is 217 Å². The van der Waals surface area contributed by atoms with Crippen LogP contribution in [-0.4, -0.2) is 55.8 Å². The molecule has 0 aliphatic carbocycles. The van der Waals surface area contributed by atoms with Crippen molar-refractivity contribution in [2.75, 3.05) is 19.8 Å². The molecular weight excluding hydrogens is 515 g/mol. The lowest BCUT2D eigenvalue weighted by atomic mass is 10.2. The Balaban J connectivity index is 0.0000102. The number of phenols is 1. The molecule has 194 valence electrons. The van der Waals surface area contributed by atoms with Crippen LogP contribution in [0.3, 0.4) is 0 Å². The zero-order chi connectivity index (χ0) is 24.8. The van der Waals surface area contributed by atoms with E-state index in [9.17, 15) is 5.11 Å². The van der Waals surface area contributed by atoms with Crippen molar-refractivity contribution >= 4 is 22.1 Å². The Bertz CT molecular complexity index is 666. The molecule has 1 aromatic carbocycles. The van der Waals surface area contributed by atoms with Gasteiger partial charge in [-0.15, -0.1) is 0 Å². The summed E-state index contributed by atoms with van der Waals surface area (Å²) in [7, 11) is -2.34. The summed E-state index contributed by atoms with van der Waals surface area (Å²) in [5.74, 6) is 1.26. The number of rotatable bonds is 11. The molecule has 0 aliphatic heterocycles. The number of ether oxygens (including phenoxy) is 3. The van der Waals surface area contributed by atoms with Crippen LogP contribution in [0.4, 0.5) is 0 Å². The van der Waals surface area contributed by atoms with Crippen LogP contribution in [0.15, 0.2) is 18.2 Å². The van der Waals surface area contributed by atoms with Gasteiger partial charge in [-0.05, 0) is 94.7 Å². The molecule has 0 saturated heterocycles. The predicted molar refractivity (Wildman–Crippen MR) is 144 cm³/mol. The third-order valence-electron chi connectivity index (χ3n) is 6.12. The second-order valence-corrected chi connectivity index (χ2v) is 19.3. The van der Waals surface area contributed by atoms with E-state index in [-0.39, 0.29) is 38.4 Å². The van der Waals surface area contributed by atoms with Crippen molar-refractivity contribution < 1.29 is 36.3 Å². The number of hydrogen-bond donors (Lipinski definition) is 1. The van der Waals surface area contributed by atoms with E-state index in [1.165, 1.54) is 5.30 Å². The lowest BCUT2D eigenvalue weighted by Crippen LogP contribution is -3.00. The van der Waals surface area contributed by atoms with E-state index in [0.717, 1.165) is 18.2 Å². The van der Waals surface area contributed by atoms with Crippen molar-refractivity contribution in [3.05, 3.63) is 18.2 Å². The molecule has 4 nitrogen and oxygen atoms in total. The molecule has 1 aromatic rings. The van der Waals surface area contributed by atoms with E-state index in [1.807, 2.05) is 26.0 Å². The SMILES string of the molecule is CCOC(OCC)[SiH2]CCCOc1ccc(O)cc1[P+](C(C)(C)C)(C(C)(C)C)C(C)(C)C.[Br-]. The van der Waals surface area contributed by atoms with Crippen molar-refractivity contribution in [3.8, 4) is 11.5 Å². The quantitative estimate of drug-likeness (QED) is 0.194. The fourth-order valence-corrected chi connectivity index (χ4v) is 16.8. The van der Waals surface area contributed by atoms with Gasteiger partial charge in [-0.1, -0.05) is 6.04 Å². The van der Waals surface area contributed by atoms with Gasteiger partial charge in [-0.2, -0.15) is 0 Å². The molecule has 0 spiro atoms. The molecule has 1 N–H and O–H groups in total. The van der Waals surface area contributed by atoms with E-state index < -0.39 is 16.8 Å². The molecule has 0 aromatic heterocycles.